The smallest absolute Gasteiger partial charge is 0.236 e. The molecular formula is C23H44IN5O2. The first-order chi connectivity index (χ1) is 14.4. The number of nitrogens with zero attached hydrogens (tertiary/aromatic N) is 4. The van der Waals surface area contributed by atoms with Crippen LogP contribution < -0.4 is 5.32 Å². The van der Waals surface area contributed by atoms with E-state index in [1.54, 1.807) is 0 Å². The number of halogens is 1. The third kappa shape index (κ3) is 7.74. The maximum Gasteiger partial charge on any atom is 0.236 e. The molecule has 31 heavy (non-hydrogen) atoms. The second-order valence-corrected chi connectivity index (χ2v) is 10.1. The highest BCUT2D eigenvalue weighted by atomic mass is 127. The molecular weight excluding hydrogens is 505 g/mol. The number of likely N-dealkylation sites (tertiary alicyclic amines) is 1. The topological polar surface area (TPSA) is 60.4 Å². The van der Waals surface area contributed by atoms with Gasteiger partial charge in [0.25, 0.3) is 0 Å². The van der Waals surface area contributed by atoms with Crippen LogP contribution in [0.25, 0.3) is 0 Å². The molecule has 0 aromatic heterocycles. The molecule has 0 aliphatic carbocycles. The molecule has 3 fully saturated rings. The van der Waals surface area contributed by atoms with Crippen LogP contribution in [0.15, 0.2) is 4.99 Å². The number of hydrogen-bond donors (Lipinski definition) is 1. The van der Waals surface area contributed by atoms with E-state index in [1.165, 1.54) is 6.42 Å². The summed E-state index contributed by atoms with van der Waals surface area (Å²) >= 11 is 0. The van der Waals surface area contributed by atoms with Gasteiger partial charge in [0.15, 0.2) is 5.96 Å². The van der Waals surface area contributed by atoms with Crippen LogP contribution in [0.3, 0.4) is 0 Å². The van der Waals surface area contributed by atoms with Crippen LogP contribution in [0.4, 0.5) is 0 Å². The standard InChI is InChI=1S/C23H43N5O2.HI/c1-5-24-22(25-17-19-9-8-16-30-21(19)23(2,3)4)28-14-12-26(13-15-28)18-20(29)27-10-6-7-11-27;/h19,21H,5-18H2,1-4H3,(H,24,25);1H. The molecule has 2 atom stereocenters. The maximum atomic E-state index is 12.4. The summed E-state index contributed by atoms with van der Waals surface area (Å²) in [6.07, 6.45) is 4.91. The zero-order valence-corrected chi connectivity index (χ0v) is 22.4. The van der Waals surface area contributed by atoms with Crippen molar-refractivity contribution in [3.05, 3.63) is 0 Å². The first kappa shape index (κ1) is 26.6. The van der Waals surface area contributed by atoms with Gasteiger partial charge >= 0.3 is 0 Å². The monoisotopic (exact) mass is 549 g/mol. The highest BCUT2D eigenvalue weighted by molar-refractivity contribution is 14.0. The van der Waals surface area contributed by atoms with Gasteiger partial charge in [0.05, 0.1) is 12.6 Å². The highest BCUT2D eigenvalue weighted by Crippen LogP contribution is 2.34. The summed E-state index contributed by atoms with van der Waals surface area (Å²) < 4.78 is 6.14. The summed E-state index contributed by atoms with van der Waals surface area (Å²) in [6, 6.07) is 0. The van der Waals surface area contributed by atoms with Crippen LogP contribution in [0, 0.1) is 11.3 Å². The van der Waals surface area contributed by atoms with Crippen molar-refractivity contribution in [2.24, 2.45) is 16.3 Å². The summed E-state index contributed by atoms with van der Waals surface area (Å²) in [4.78, 5) is 24.2. The van der Waals surface area contributed by atoms with Gasteiger partial charge in [0.1, 0.15) is 0 Å². The highest BCUT2D eigenvalue weighted by Gasteiger charge is 2.35. The van der Waals surface area contributed by atoms with Crippen molar-refractivity contribution in [1.29, 1.82) is 0 Å². The van der Waals surface area contributed by atoms with E-state index < -0.39 is 0 Å². The fourth-order valence-electron chi connectivity index (χ4n) is 4.99. The van der Waals surface area contributed by atoms with Crippen LogP contribution in [0.1, 0.15) is 53.4 Å². The van der Waals surface area contributed by atoms with Gasteiger partial charge in [-0.1, -0.05) is 20.8 Å². The molecule has 3 saturated heterocycles. The third-order valence-electron chi connectivity index (χ3n) is 6.60. The Morgan fingerprint density at radius 3 is 2.32 bits per heavy atom. The van der Waals surface area contributed by atoms with Crippen LogP contribution in [-0.4, -0.2) is 98.2 Å². The Hall–Kier alpha value is -0.610. The van der Waals surface area contributed by atoms with Gasteiger partial charge in [-0.3, -0.25) is 14.7 Å². The largest absolute Gasteiger partial charge is 0.377 e. The van der Waals surface area contributed by atoms with Crippen LogP contribution >= 0.6 is 24.0 Å². The van der Waals surface area contributed by atoms with E-state index in [1.807, 2.05) is 4.90 Å². The van der Waals surface area contributed by atoms with Crippen molar-refractivity contribution >= 4 is 35.8 Å². The van der Waals surface area contributed by atoms with Crippen LogP contribution in [0.2, 0.25) is 0 Å². The molecule has 1 N–H and O–H groups in total. The molecule has 3 rings (SSSR count). The summed E-state index contributed by atoms with van der Waals surface area (Å²) in [6.45, 7) is 17.6. The zero-order chi connectivity index (χ0) is 21.6. The number of piperazine rings is 1. The molecule has 0 saturated carbocycles. The number of ether oxygens (including phenoxy) is 1. The van der Waals surface area contributed by atoms with E-state index in [4.69, 9.17) is 9.73 Å². The maximum absolute atomic E-state index is 12.4. The molecule has 0 aromatic rings. The lowest BCUT2D eigenvalue weighted by atomic mass is 9.78. The van der Waals surface area contributed by atoms with Gasteiger partial charge in [-0.25, -0.2) is 0 Å². The molecule has 0 spiro atoms. The Kier molecular flexibility index (Phi) is 10.8. The minimum atomic E-state index is 0. The van der Waals surface area contributed by atoms with Crippen molar-refractivity contribution < 1.29 is 9.53 Å². The van der Waals surface area contributed by atoms with E-state index in [9.17, 15) is 4.79 Å². The quantitative estimate of drug-likeness (QED) is 0.325. The Bertz CT molecular complexity index is 581. The Labute approximate surface area is 206 Å². The zero-order valence-electron chi connectivity index (χ0n) is 20.1. The molecule has 0 radical (unpaired) electrons. The average Bonchev–Trinajstić information content (AvgIpc) is 3.26. The minimum Gasteiger partial charge on any atom is -0.377 e. The Morgan fingerprint density at radius 1 is 1.03 bits per heavy atom. The SMILES string of the molecule is CCNC(=NCC1CCCOC1C(C)(C)C)N1CCN(CC(=O)N2CCCC2)CC1.I. The average molecular weight is 550 g/mol. The summed E-state index contributed by atoms with van der Waals surface area (Å²) in [5, 5.41) is 3.49. The number of aliphatic imine (C=N–C) groups is 1. The lowest BCUT2D eigenvalue weighted by molar-refractivity contribution is -0.131. The van der Waals surface area contributed by atoms with Crippen molar-refractivity contribution in [1.82, 2.24) is 20.0 Å². The number of amides is 1. The summed E-state index contributed by atoms with van der Waals surface area (Å²) in [5.74, 6) is 1.79. The first-order valence-corrected chi connectivity index (χ1v) is 12.0. The number of carbonyl (C=O) groups is 1. The molecule has 0 aromatic carbocycles. The van der Waals surface area contributed by atoms with Gasteiger partial charge in [0, 0.05) is 64.9 Å². The number of rotatable bonds is 5. The van der Waals surface area contributed by atoms with E-state index in [0.717, 1.165) is 84.2 Å². The molecule has 180 valence electrons. The van der Waals surface area contributed by atoms with Gasteiger partial charge in [-0.05, 0) is 38.0 Å². The number of carbonyl (C=O) groups excluding carboxylic acids is 1. The van der Waals surface area contributed by atoms with Crippen molar-refractivity contribution in [3.8, 4) is 0 Å². The van der Waals surface area contributed by atoms with Crippen molar-refractivity contribution in [2.75, 3.05) is 65.5 Å². The summed E-state index contributed by atoms with van der Waals surface area (Å²) in [5.41, 5.74) is 0.145. The van der Waals surface area contributed by atoms with Crippen LogP contribution in [0.5, 0.6) is 0 Å². The Morgan fingerprint density at radius 2 is 1.71 bits per heavy atom. The Balaban J connectivity index is 0.00000341. The van der Waals surface area contributed by atoms with E-state index in [0.29, 0.717) is 18.4 Å². The fourth-order valence-corrected chi connectivity index (χ4v) is 4.99. The molecule has 3 aliphatic rings. The molecule has 7 nitrogen and oxygen atoms in total. The second kappa shape index (κ2) is 12.6. The van der Waals surface area contributed by atoms with Gasteiger partial charge < -0.3 is 19.9 Å². The van der Waals surface area contributed by atoms with E-state index in [2.05, 4.69) is 42.8 Å². The predicted octanol–water partition coefficient (Wildman–Crippen LogP) is 2.65. The number of nitrogens with one attached hydrogen (secondary N) is 1. The fraction of sp³-hybridized carbons (Fsp3) is 0.913. The predicted molar refractivity (Wildman–Crippen MR) is 137 cm³/mol. The van der Waals surface area contributed by atoms with E-state index >= 15 is 0 Å². The normalized spacial score (nSPS) is 26.0. The van der Waals surface area contributed by atoms with Crippen molar-refractivity contribution in [3.63, 3.8) is 0 Å². The lowest BCUT2D eigenvalue weighted by Gasteiger charge is -2.40. The molecule has 8 heteroatoms. The lowest BCUT2D eigenvalue weighted by Crippen LogP contribution is -2.54. The minimum absolute atomic E-state index is 0. The van der Waals surface area contributed by atoms with Crippen molar-refractivity contribution in [2.45, 2.75) is 59.5 Å². The van der Waals surface area contributed by atoms with Gasteiger partial charge in [0.2, 0.25) is 5.91 Å². The third-order valence-corrected chi connectivity index (χ3v) is 6.60. The molecule has 3 aliphatic heterocycles. The first-order valence-electron chi connectivity index (χ1n) is 12.0. The second-order valence-electron chi connectivity index (χ2n) is 10.1. The number of guanidine groups is 1. The molecule has 2 unspecified atom stereocenters. The summed E-state index contributed by atoms with van der Waals surface area (Å²) in [7, 11) is 0. The molecule has 0 bridgehead atoms. The molecule has 1 amide bonds. The van der Waals surface area contributed by atoms with Crippen LogP contribution in [-0.2, 0) is 9.53 Å². The molecule has 3 heterocycles. The van der Waals surface area contributed by atoms with Gasteiger partial charge in [-0.15, -0.1) is 24.0 Å². The number of hydrogen-bond acceptors (Lipinski definition) is 4. The van der Waals surface area contributed by atoms with E-state index in [-0.39, 0.29) is 35.5 Å². The van der Waals surface area contributed by atoms with Gasteiger partial charge in [-0.2, -0.15) is 0 Å².